The van der Waals surface area contributed by atoms with Crippen LogP contribution in [-0.2, 0) is 16.0 Å². The molecular formula is C16H15N3O3. The zero-order valence-corrected chi connectivity index (χ0v) is 11.9. The minimum Gasteiger partial charge on any atom is -0.361 e. The molecule has 2 saturated heterocycles. The van der Waals surface area contributed by atoms with Gasteiger partial charge in [0.1, 0.15) is 6.04 Å². The second kappa shape index (κ2) is 4.69. The normalized spacial score (nSPS) is 21.3. The molecule has 6 heteroatoms. The highest BCUT2D eigenvalue weighted by atomic mass is 16.2. The number of benzene rings is 1. The second-order valence-corrected chi connectivity index (χ2v) is 5.70. The highest BCUT2D eigenvalue weighted by molar-refractivity contribution is 6.13. The van der Waals surface area contributed by atoms with E-state index in [9.17, 15) is 14.4 Å². The Morgan fingerprint density at radius 2 is 2.00 bits per heavy atom. The van der Waals surface area contributed by atoms with Crippen LogP contribution < -0.4 is 0 Å². The number of amides is 4. The molecule has 1 unspecified atom stereocenters. The molecule has 1 N–H and O–H groups in total. The van der Waals surface area contributed by atoms with Crippen LogP contribution in [0.1, 0.15) is 18.4 Å². The standard InChI is InChI=1S/C16H15N3O3/c20-14-6-5-13-15(21)18(16(22)19(13)14)8-7-10-9-17-12-4-2-1-3-11(10)12/h1-4,9,13,17H,5-8H2. The van der Waals surface area contributed by atoms with Gasteiger partial charge < -0.3 is 4.98 Å². The van der Waals surface area contributed by atoms with Crippen molar-refractivity contribution in [2.24, 2.45) is 0 Å². The summed E-state index contributed by atoms with van der Waals surface area (Å²) in [6, 6.07) is 6.88. The Balaban J connectivity index is 1.54. The maximum Gasteiger partial charge on any atom is 0.334 e. The third kappa shape index (κ3) is 1.76. The molecule has 2 aliphatic heterocycles. The fourth-order valence-corrected chi connectivity index (χ4v) is 3.34. The lowest BCUT2D eigenvalue weighted by Gasteiger charge is -2.14. The SMILES string of the molecule is O=C1C2CCC(=O)N2C(=O)N1CCc1c[nH]c2ccccc12. The number of urea groups is 1. The number of imide groups is 2. The number of hydrogen-bond donors (Lipinski definition) is 1. The first-order valence-corrected chi connectivity index (χ1v) is 7.39. The highest BCUT2D eigenvalue weighted by Crippen LogP contribution is 2.29. The molecule has 1 aromatic carbocycles. The largest absolute Gasteiger partial charge is 0.361 e. The van der Waals surface area contributed by atoms with Gasteiger partial charge in [0.25, 0.3) is 5.91 Å². The van der Waals surface area contributed by atoms with Gasteiger partial charge >= 0.3 is 6.03 Å². The lowest BCUT2D eigenvalue weighted by atomic mass is 10.1. The summed E-state index contributed by atoms with van der Waals surface area (Å²) in [5, 5.41) is 1.10. The topological polar surface area (TPSA) is 73.5 Å². The summed E-state index contributed by atoms with van der Waals surface area (Å²) in [5.41, 5.74) is 2.10. The van der Waals surface area contributed by atoms with Crippen molar-refractivity contribution in [3.8, 4) is 0 Å². The molecule has 0 bridgehead atoms. The average Bonchev–Trinajstić information content (AvgIpc) is 3.16. The van der Waals surface area contributed by atoms with E-state index in [0.29, 0.717) is 25.8 Å². The lowest BCUT2D eigenvalue weighted by Crippen LogP contribution is -2.36. The van der Waals surface area contributed by atoms with E-state index in [1.54, 1.807) is 0 Å². The number of aromatic nitrogens is 1. The van der Waals surface area contributed by atoms with E-state index in [0.717, 1.165) is 21.4 Å². The van der Waals surface area contributed by atoms with E-state index in [1.807, 2.05) is 30.5 Å². The Bertz CT molecular complexity index is 795. The molecule has 0 saturated carbocycles. The van der Waals surface area contributed by atoms with Crippen LogP contribution in [0.5, 0.6) is 0 Å². The number of rotatable bonds is 3. The fraction of sp³-hybridized carbons (Fsp3) is 0.312. The molecule has 4 rings (SSSR count). The summed E-state index contributed by atoms with van der Waals surface area (Å²) < 4.78 is 0. The van der Waals surface area contributed by atoms with Crippen LogP contribution in [0.4, 0.5) is 4.79 Å². The summed E-state index contributed by atoms with van der Waals surface area (Å²) >= 11 is 0. The third-order valence-electron chi connectivity index (χ3n) is 4.48. The Hall–Kier alpha value is -2.63. The first-order chi connectivity index (χ1) is 10.7. The molecule has 2 fully saturated rings. The van der Waals surface area contributed by atoms with Gasteiger partial charge in [-0.1, -0.05) is 18.2 Å². The van der Waals surface area contributed by atoms with Crippen LogP contribution in [0.25, 0.3) is 10.9 Å². The number of fused-ring (bicyclic) bond motifs is 2. The number of carbonyl (C=O) groups excluding carboxylic acids is 3. The predicted octanol–water partition coefficient (Wildman–Crippen LogP) is 1.66. The quantitative estimate of drug-likeness (QED) is 0.876. The van der Waals surface area contributed by atoms with Gasteiger partial charge in [-0.3, -0.25) is 19.4 Å². The van der Waals surface area contributed by atoms with Gasteiger partial charge in [-0.15, -0.1) is 0 Å². The molecule has 4 amide bonds. The maximum absolute atomic E-state index is 12.3. The van der Waals surface area contributed by atoms with E-state index >= 15 is 0 Å². The van der Waals surface area contributed by atoms with Crippen molar-refractivity contribution >= 4 is 28.7 Å². The predicted molar refractivity (Wildman–Crippen MR) is 79.0 cm³/mol. The monoisotopic (exact) mass is 297 g/mol. The summed E-state index contributed by atoms with van der Waals surface area (Å²) in [5.74, 6) is -0.478. The van der Waals surface area contributed by atoms with E-state index in [4.69, 9.17) is 0 Å². The van der Waals surface area contributed by atoms with Gasteiger partial charge in [0.2, 0.25) is 5.91 Å². The smallest absolute Gasteiger partial charge is 0.334 e. The molecule has 3 heterocycles. The summed E-state index contributed by atoms with van der Waals surface area (Å²) in [6.07, 6.45) is 3.23. The van der Waals surface area contributed by atoms with Gasteiger partial charge in [-0.05, 0) is 24.5 Å². The molecular weight excluding hydrogens is 282 g/mol. The maximum atomic E-state index is 12.3. The van der Waals surface area contributed by atoms with Crippen molar-refractivity contribution in [1.29, 1.82) is 0 Å². The second-order valence-electron chi connectivity index (χ2n) is 5.70. The molecule has 2 aromatic rings. The molecule has 0 radical (unpaired) electrons. The van der Waals surface area contributed by atoms with E-state index in [1.165, 1.54) is 4.90 Å². The molecule has 2 aliphatic rings. The summed E-state index contributed by atoms with van der Waals surface area (Å²) in [4.78, 5) is 41.7. The first kappa shape index (κ1) is 13.1. The third-order valence-corrected chi connectivity index (χ3v) is 4.48. The Kier molecular flexibility index (Phi) is 2.79. The van der Waals surface area contributed by atoms with Crippen LogP contribution in [-0.4, -0.2) is 45.2 Å². The number of hydrogen-bond acceptors (Lipinski definition) is 3. The van der Waals surface area contributed by atoms with Crippen LogP contribution in [0, 0.1) is 0 Å². The van der Waals surface area contributed by atoms with Gasteiger partial charge in [-0.2, -0.15) is 0 Å². The molecule has 0 aliphatic carbocycles. The number of carbonyl (C=O) groups is 3. The zero-order chi connectivity index (χ0) is 15.3. The lowest BCUT2D eigenvalue weighted by molar-refractivity contribution is -0.130. The number of aromatic amines is 1. The zero-order valence-electron chi connectivity index (χ0n) is 11.9. The van der Waals surface area contributed by atoms with Crippen molar-refractivity contribution in [2.45, 2.75) is 25.3 Å². The van der Waals surface area contributed by atoms with Crippen LogP contribution >= 0.6 is 0 Å². The Morgan fingerprint density at radius 3 is 2.82 bits per heavy atom. The molecule has 6 nitrogen and oxygen atoms in total. The molecule has 0 spiro atoms. The molecule has 1 atom stereocenters. The minimum atomic E-state index is -0.567. The number of nitrogens with one attached hydrogen (secondary N) is 1. The average molecular weight is 297 g/mol. The van der Waals surface area contributed by atoms with Crippen molar-refractivity contribution in [2.75, 3.05) is 6.54 Å². The van der Waals surface area contributed by atoms with Gasteiger partial charge in [-0.25, -0.2) is 4.79 Å². The van der Waals surface area contributed by atoms with E-state index in [2.05, 4.69) is 4.98 Å². The number of nitrogens with zero attached hydrogens (tertiary/aromatic N) is 2. The van der Waals surface area contributed by atoms with Crippen LogP contribution in [0.2, 0.25) is 0 Å². The Labute approximate surface area is 126 Å². The van der Waals surface area contributed by atoms with Crippen molar-refractivity contribution in [3.63, 3.8) is 0 Å². The molecule has 22 heavy (non-hydrogen) atoms. The molecule has 112 valence electrons. The van der Waals surface area contributed by atoms with Crippen LogP contribution in [0.15, 0.2) is 30.5 Å². The molecule has 1 aromatic heterocycles. The fourth-order valence-electron chi connectivity index (χ4n) is 3.34. The van der Waals surface area contributed by atoms with E-state index < -0.39 is 12.1 Å². The number of H-pyrrole nitrogens is 1. The van der Waals surface area contributed by atoms with Gasteiger partial charge in [0, 0.05) is 30.1 Å². The summed E-state index contributed by atoms with van der Waals surface area (Å²) in [7, 11) is 0. The summed E-state index contributed by atoms with van der Waals surface area (Å²) in [6.45, 7) is 0.305. The number of para-hydroxylation sites is 1. The Morgan fingerprint density at radius 1 is 1.18 bits per heavy atom. The van der Waals surface area contributed by atoms with Gasteiger partial charge in [0.15, 0.2) is 0 Å². The minimum absolute atomic E-state index is 0.238. The highest BCUT2D eigenvalue weighted by Gasteiger charge is 2.51. The van der Waals surface area contributed by atoms with Crippen molar-refractivity contribution in [3.05, 3.63) is 36.0 Å². The van der Waals surface area contributed by atoms with Crippen molar-refractivity contribution in [1.82, 2.24) is 14.8 Å². The van der Waals surface area contributed by atoms with Crippen LogP contribution in [0.3, 0.4) is 0 Å². The van der Waals surface area contributed by atoms with E-state index in [-0.39, 0.29) is 11.8 Å². The first-order valence-electron chi connectivity index (χ1n) is 7.39. The van der Waals surface area contributed by atoms with Gasteiger partial charge in [0.05, 0.1) is 0 Å². The van der Waals surface area contributed by atoms with Crippen molar-refractivity contribution < 1.29 is 14.4 Å².